The van der Waals surface area contributed by atoms with Crippen molar-refractivity contribution in [2.24, 2.45) is 0 Å². The van der Waals surface area contributed by atoms with Crippen molar-refractivity contribution in [3.8, 4) is 0 Å². The zero-order valence-corrected chi connectivity index (χ0v) is 11.3. The van der Waals surface area contributed by atoms with Crippen molar-refractivity contribution in [3.63, 3.8) is 0 Å². The number of nitrogens with one attached hydrogen (secondary N) is 1. The Kier molecular flexibility index (Phi) is 4.16. The van der Waals surface area contributed by atoms with E-state index in [4.69, 9.17) is 0 Å². The first kappa shape index (κ1) is 14.8. The minimum Gasteiger partial charge on any atom is -0.314 e. The van der Waals surface area contributed by atoms with E-state index in [0.717, 1.165) is 11.3 Å². The summed E-state index contributed by atoms with van der Waals surface area (Å²) in [5.41, 5.74) is 0.0386. The number of rotatable bonds is 1. The zero-order valence-electron chi connectivity index (χ0n) is 9.65. The summed E-state index contributed by atoms with van der Waals surface area (Å²) in [5, 5.41) is 4.45. The van der Waals surface area contributed by atoms with E-state index in [1.54, 1.807) is 0 Å². The Balaban J connectivity index is 0.00000144. The molecular formula is C11H15ClF3NS. The van der Waals surface area contributed by atoms with Gasteiger partial charge in [0.25, 0.3) is 0 Å². The van der Waals surface area contributed by atoms with Gasteiger partial charge in [-0.05, 0) is 38.8 Å². The van der Waals surface area contributed by atoms with Gasteiger partial charge in [-0.2, -0.15) is 13.2 Å². The van der Waals surface area contributed by atoms with E-state index in [-0.39, 0.29) is 17.9 Å². The lowest BCUT2D eigenvalue weighted by atomic mass is 9.82. The molecule has 0 saturated carbocycles. The van der Waals surface area contributed by atoms with Gasteiger partial charge in [-0.1, -0.05) is 0 Å². The molecule has 0 aliphatic heterocycles. The largest absolute Gasteiger partial charge is 0.417 e. The maximum Gasteiger partial charge on any atom is 0.417 e. The lowest BCUT2D eigenvalue weighted by Gasteiger charge is -2.33. The van der Waals surface area contributed by atoms with Crippen LogP contribution in [0.25, 0.3) is 0 Å². The number of hydrogen-bond donors (Lipinski definition) is 1. The van der Waals surface area contributed by atoms with Gasteiger partial charge < -0.3 is 5.32 Å². The maximum absolute atomic E-state index is 12.7. The van der Waals surface area contributed by atoms with Crippen molar-refractivity contribution >= 4 is 23.7 Å². The Morgan fingerprint density at radius 1 is 1.41 bits per heavy atom. The highest BCUT2D eigenvalue weighted by atomic mass is 35.5. The van der Waals surface area contributed by atoms with Crippen molar-refractivity contribution in [2.45, 2.75) is 37.9 Å². The molecule has 1 aliphatic rings. The highest BCUT2D eigenvalue weighted by molar-refractivity contribution is 7.10. The Labute approximate surface area is 109 Å². The lowest BCUT2D eigenvalue weighted by molar-refractivity contribution is -0.138. The van der Waals surface area contributed by atoms with Crippen LogP contribution in [0.2, 0.25) is 0 Å². The Bertz CT molecular complexity index is 402. The zero-order chi connectivity index (χ0) is 12.0. The smallest absolute Gasteiger partial charge is 0.314 e. The average molecular weight is 286 g/mol. The minimum atomic E-state index is -4.20. The number of likely N-dealkylation sites (N-methyl/N-ethyl adjacent to an activating group) is 1. The Hall–Kier alpha value is -0.260. The van der Waals surface area contributed by atoms with Gasteiger partial charge in [0.1, 0.15) is 0 Å². The van der Waals surface area contributed by atoms with Crippen LogP contribution in [0.4, 0.5) is 13.2 Å². The lowest BCUT2D eigenvalue weighted by Crippen LogP contribution is -2.44. The molecule has 0 spiro atoms. The number of alkyl halides is 3. The summed E-state index contributed by atoms with van der Waals surface area (Å²) in [6, 6.07) is 0. The van der Waals surface area contributed by atoms with Gasteiger partial charge in [0.2, 0.25) is 0 Å². The van der Waals surface area contributed by atoms with Crippen LogP contribution in [-0.2, 0) is 19.0 Å². The molecule has 1 nitrogen and oxygen atoms in total. The third kappa shape index (κ3) is 2.77. The molecule has 1 heterocycles. The van der Waals surface area contributed by atoms with E-state index in [1.165, 1.54) is 16.7 Å². The molecule has 0 fully saturated rings. The Morgan fingerprint density at radius 3 is 2.59 bits per heavy atom. The van der Waals surface area contributed by atoms with Gasteiger partial charge in [0.15, 0.2) is 0 Å². The second-order valence-electron chi connectivity index (χ2n) is 4.54. The van der Waals surface area contributed by atoms with Crippen LogP contribution >= 0.6 is 23.7 Å². The van der Waals surface area contributed by atoms with E-state index in [0.29, 0.717) is 18.4 Å². The maximum atomic E-state index is 12.7. The molecule has 0 bridgehead atoms. The molecule has 1 aliphatic carbocycles. The van der Waals surface area contributed by atoms with Gasteiger partial charge >= 0.3 is 6.18 Å². The van der Waals surface area contributed by atoms with Crippen LogP contribution in [0, 0.1) is 0 Å². The first-order chi connectivity index (χ1) is 7.36. The molecule has 0 amide bonds. The molecule has 17 heavy (non-hydrogen) atoms. The van der Waals surface area contributed by atoms with Crippen molar-refractivity contribution in [1.82, 2.24) is 5.32 Å². The minimum absolute atomic E-state index is 0. The average Bonchev–Trinajstić information content (AvgIpc) is 2.59. The summed E-state index contributed by atoms with van der Waals surface area (Å²) < 4.78 is 38.0. The molecule has 6 heteroatoms. The van der Waals surface area contributed by atoms with Gasteiger partial charge in [-0.15, -0.1) is 23.7 Å². The van der Waals surface area contributed by atoms with Crippen molar-refractivity contribution < 1.29 is 13.2 Å². The van der Waals surface area contributed by atoms with E-state index in [1.807, 2.05) is 7.05 Å². The summed E-state index contributed by atoms with van der Waals surface area (Å²) in [6.45, 7) is 2.06. The van der Waals surface area contributed by atoms with Gasteiger partial charge in [0.05, 0.1) is 5.56 Å². The molecule has 1 unspecified atom stereocenters. The normalized spacial score (nSPS) is 24.1. The quantitative estimate of drug-likeness (QED) is 0.830. The standard InChI is InChI=1S/C11H14F3NS.ClH/c1-10(15-2)4-3-7-8(11(12,13)14)6-16-9(7)5-10;/h6,15H,3-5H2,1-2H3;1H. The first-order valence-corrected chi connectivity index (χ1v) is 6.09. The molecule has 1 atom stereocenters. The molecule has 0 radical (unpaired) electrons. The second-order valence-corrected chi connectivity index (χ2v) is 5.50. The molecule has 1 aromatic heterocycles. The fourth-order valence-corrected chi connectivity index (χ4v) is 3.43. The number of hydrogen-bond acceptors (Lipinski definition) is 2. The predicted octanol–water partition coefficient (Wildman–Crippen LogP) is 3.66. The SMILES string of the molecule is CNC1(C)CCc2c(C(F)(F)F)csc2C1.Cl. The van der Waals surface area contributed by atoms with Crippen LogP contribution in [-0.4, -0.2) is 12.6 Å². The summed E-state index contributed by atoms with van der Waals surface area (Å²) >= 11 is 1.24. The van der Waals surface area contributed by atoms with Crippen LogP contribution in [0.15, 0.2) is 5.38 Å². The molecule has 98 valence electrons. The highest BCUT2D eigenvalue weighted by Crippen LogP contribution is 2.41. The molecular weight excluding hydrogens is 271 g/mol. The number of halogens is 4. The molecule has 0 aromatic carbocycles. The van der Waals surface area contributed by atoms with E-state index >= 15 is 0 Å². The van der Waals surface area contributed by atoms with Crippen LogP contribution in [0.5, 0.6) is 0 Å². The topological polar surface area (TPSA) is 12.0 Å². The summed E-state index contributed by atoms with van der Waals surface area (Å²) in [7, 11) is 1.86. The van der Waals surface area contributed by atoms with Crippen LogP contribution < -0.4 is 5.32 Å². The van der Waals surface area contributed by atoms with Crippen molar-refractivity contribution in [2.75, 3.05) is 7.05 Å². The molecule has 1 N–H and O–H groups in total. The molecule has 2 rings (SSSR count). The van der Waals surface area contributed by atoms with Crippen molar-refractivity contribution in [1.29, 1.82) is 0 Å². The van der Waals surface area contributed by atoms with E-state index in [9.17, 15) is 13.2 Å². The number of thiophene rings is 1. The van der Waals surface area contributed by atoms with Gasteiger partial charge in [0, 0.05) is 15.8 Å². The second kappa shape index (κ2) is 4.78. The fraction of sp³-hybridized carbons (Fsp3) is 0.636. The highest BCUT2D eigenvalue weighted by Gasteiger charge is 2.39. The molecule has 1 aromatic rings. The fourth-order valence-electron chi connectivity index (χ4n) is 2.14. The third-order valence-corrected chi connectivity index (χ3v) is 4.40. The monoisotopic (exact) mass is 285 g/mol. The molecule has 0 saturated heterocycles. The summed E-state index contributed by atoms with van der Waals surface area (Å²) in [4.78, 5) is 0.885. The Morgan fingerprint density at radius 2 is 2.06 bits per heavy atom. The first-order valence-electron chi connectivity index (χ1n) is 5.21. The summed E-state index contributed by atoms with van der Waals surface area (Å²) in [5.74, 6) is 0. The van der Waals surface area contributed by atoms with Crippen molar-refractivity contribution in [3.05, 3.63) is 21.4 Å². The third-order valence-electron chi connectivity index (χ3n) is 3.37. The van der Waals surface area contributed by atoms with Gasteiger partial charge in [-0.25, -0.2) is 0 Å². The predicted molar refractivity (Wildman–Crippen MR) is 66.1 cm³/mol. The van der Waals surface area contributed by atoms with Gasteiger partial charge in [-0.3, -0.25) is 0 Å². The summed E-state index contributed by atoms with van der Waals surface area (Å²) in [6.07, 6.45) is -2.22. The number of fused-ring (bicyclic) bond motifs is 1. The van der Waals surface area contributed by atoms with E-state index < -0.39 is 11.7 Å². The van der Waals surface area contributed by atoms with Crippen LogP contribution in [0.1, 0.15) is 29.3 Å². The van der Waals surface area contributed by atoms with E-state index in [2.05, 4.69) is 12.2 Å². The van der Waals surface area contributed by atoms with Crippen LogP contribution in [0.3, 0.4) is 0 Å².